The van der Waals surface area contributed by atoms with Gasteiger partial charge in [-0.15, -0.1) is 0 Å². The molecule has 2 saturated heterocycles. The Kier molecular flexibility index (Phi) is 5.55. The first kappa shape index (κ1) is 19.5. The molecule has 5 heteroatoms. The highest BCUT2D eigenvalue weighted by atomic mass is 35.5. The molecule has 0 bridgehead atoms. The minimum absolute atomic E-state index is 0.178. The molecule has 0 radical (unpaired) electrons. The normalized spacial score (nSPS) is 20.6. The number of piperidine rings is 1. The van der Waals surface area contributed by atoms with E-state index in [2.05, 4.69) is 24.0 Å². The number of rotatable bonds is 2. The van der Waals surface area contributed by atoms with Crippen LogP contribution in [0.15, 0.2) is 18.2 Å². The largest absolute Gasteiger partial charge is 0.444 e. The first-order valence-corrected chi connectivity index (χ1v) is 10.0. The van der Waals surface area contributed by atoms with Gasteiger partial charge < -0.3 is 9.64 Å². The summed E-state index contributed by atoms with van der Waals surface area (Å²) >= 11 is 6.24. The Hall–Kier alpha value is -1.26. The first-order chi connectivity index (χ1) is 12.2. The average molecular weight is 379 g/mol. The molecule has 0 aliphatic carbocycles. The zero-order chi connectivity index (χ0) is 18.9. The van der Waals surface area contributed by atoms with Crippen LogP contribution in [0.25, 0.3) is 0 Å². The second kappa shape index (κ2) is 7.40. The Balaban J connectivity index is 1.64. The van der Waals surface area contributed by atoms with Gasteiger partial charge in [0.15, 0.2) is 0 Å². The van der Waals surface area contributed by atoms with Gasteiger partial charge in [-0.05, 0) is 83.2 Å². The number of hydrogen-bond donors (Lipinski definition) is 0. The lowest BCUT2D eigenvalue weighted by Gasteiger charge is -2.45. The third-order valence-electron chi connectivity index (χ3n) is 5.56. The predicted octanol–water partition coefficient (Wildman–Crippen LogP) is 5.01. The van der Waals surface area contributed by atoms with Crippen molar-refractivity contribution in [1.82, 2.24) is 9.80 Å². The van der Waals surface area contributed by atoms with Crippen LogP contribution in [0.5, 0.6) is 0 Å². The lowest BCUT2D eigenvalue weighted by atomic mass is 9.85. The molecule has 0 N–H and O–H groups in total. The topological polar surface area (TPSA) is 32.8 Å². The Morgan fingerprint density at radius 1 is 1.15 bits per heavy atom. The van der Waals surface area contributed by atoms with Crippen LogP contribution in [0.4, 0.5) is 4.79 Å². The van der Waals surface area contributed by atoms with E-state index in [0.717, 1.165) is 44.0 Å². The molecule has 2 aliphatic heterocycles. The minimum atomic E-state index is -0.434. The minimum Gasteiger partial charge on any atom is -0.444 e. The summed E-state index contributed by atoms with van der Waals surface area (Å²) in [4.78, 5) is 16.8. The Labute approximate surface area is 162 Å². The Bertz CT molecular complexity index is 640. The molecule has 1 aromatic carbocycles. The van der Waals surface area contributed by atoms with Crippen LogP contribution in [0.1, 0.15) is 57.6 Å². The number of aryl methyl sites for hydroxylation is 1. The molecule has 1 aromatic rings. The van der Waals surface area contributed by atoms with E-state index in [4.69, 9.17) is 16.3 Å². The van der Waals surface area contributed by atoms with E-state index in [9.17, 15) is 4.79 Å². The fourth-order valence-electron chi connectivity index (χ4n) is 4.36. The molecule has 0 atom stereocenters. The van der Waals surface area contributed by atoms with Crippen LogP contribution in [0.3, 0.4) is 0 Å². The molecule has 0 unspecified atom stereocenters. The van der Waals surface area contributed by atoms with Gasteiger partial charge in [-0.25, -0.2) is 4.79 Å². The van der Waals surface area contributed by atoms with Crippen molar-refractivity contribution in [1.29, 1.82) is 0 Å². The highest BCUT2D eigenvalue weighted by Gasteiger charge is 2.44. The standard InChI is InChI=1S/C21H31ClN2O2/c1-16-12-17(14-18(22)13-16)15-24-9-5-6-21(24)7-10-23(11-8-21)19(25)26-20(2,3)4/h12-14H,5-11,15H2,1-4H3. The van der Waals surface area contributed by atoms with Crippen molar-refractivity contribution in [2.45, 2.75) is 71.1 Å². The fourth-order valence-corrected chi connectivity index (χ4v) is 4.68. The molecule has 0 aromatic heterocycles. The molecule has 3 rings (SSSR count). The molecule has 2 aliphatic rings. The number of hydrogen-bond acceptors (Lipinski definition) is 3. The lowest BCUT2D eigenvalue weighted by molar-refractivity contribution is 0.00164. The summed E-state index contributed by atoms with van der Waals surface area (Å²) in [6.07, 6.45) is 4.31. The highest BCUT2D eigenvalue weighted by Crippen LogP contribution is 2.39. The first-order valence-electron chi connectivity index (χ1n) is 9.66. The predicted molar refractivity (Wildman–Crippen MR) is 106 cm³/mol. The van der Waals surface area contributed by atoms with E-state index in [1.165, 1.54) is 24.0 Å². The van der Waals surface area contributed by atoms with Gasteiger partial charge in [0.1, 0.15) is 5.60 Å². The maximum absolute atomic E-state index is 12.3. The van der Waals surface area contributed by atoms with Crippen LogP contribution in [-0.2, 0) is 11.3 Å². The van der Waals surface area contributed by atoms with Crippen LogP contribution >= 0.6 is 11.6 Å². The number of halogens is 1. The summed E-state index contributed by atoms with van der Waals surface area (Å²) in [5, 5.41) is 0.813. The summed E-state index contributed by atoms with van der Waals surface area (Å²) in [6.45, 7) is 11.5. The van der Waals surface area contributed by atoms with E-state index in [1.807, 2.05) is 31.7 Å². The number of benzene rings is 1. The van der Waals surface area contributed by atoms with Gasteiger partial charge in [0, 0.05) is 30.2 Å². The Morgan fingerprint density at radius 3 is 2.46 bits per heavy atom. The summed E-state index contributed by atoms with van der Waals surface area (Å²) < 4.78 is 5.54. The van der Waals surface area contributed by atoms with Crippen LogP contribution in [0.2, 0.25) is 5.02 Å². The average Bonchev–Trinajstić information content (AvgIpc) is 2.87. The van der Waals surface area contributed by atoms with Crippen molar-refractivity contribution in [3.63, 3.8) is 0 Å². The van der Waals surface area contributed by atoms with Crippen LogP contribution in [-0.4, -0.2) is 46.7 Å². The molecule has 1 amide bonds. The fraction of sp³-hybridized carbons (Fsp3) is 0.667. The van der Waals surface area contributed by atoms with Gasteiger partial charge in [0.25, 0.3) is 0 Å². The second-order valence-electron chi connectivity index (χ2n) is 8.85. The van der Waals surface area contributed by atoms with E-state index in [-0.39, 0.29) is 11.6 Å². The monoisotopic (exact) mass is 378 g/mol. The summed E-state index contributed by atoms with van der Waals surface area (Å²) in [7, 11) is 0. The van der Waals surface area contributed by atoms with Gasteiger partial charge >= 0.3 is 6.09 Å². The molecule has 1 spiro atoms. The third kappa shape index (κ3) is 4.52. The number of amides is 1. The number of nitrogens with zero attached hydrogens (tertiary/aromatic N) is 2. The molecule has 26 heavy (non-hydrogen) atoms. The maximum Gasteiger partial charge on any atom is 0.410 e. The van der Waals surface area contributed by atoms with Gasteiger partial charge in [0.05, 0.1) is 0 Å². The number of ether oxygens (including phenoxy) is 1. The van der Waals surface area contributed by atoms with E-state index in [0.29, 0.717) is 0 Å². The highest BCUT2D eigenvalue weighted by molar-refractivity contribution is 6.30. The quantitative estimate of drug-likeness (QED) is 0.724. The van der Waals surface area contributed by atoms with Gasteiger partial charge in [-0.2, -0.15) is 0 Å². The van der Waals surface area contributed by atoms with Gasteiger partial charge in [-0.3, -0.25) is 4.90 Å². The van der Waals surface area contributed by atoms with Gasteiger partial charge in [0.2, 0.25) is 0 Å². The van der Waals surface area contributed by atoms with E-state index in [1.54, 1.807) is 0 Å². The molecule has 0 saturated carbocycles. The smallest absolute Gasteiger partial charge is 0.410 e. The Morgan fingerprint density at radius 2 is 1.85 bits per heavy atom. The van der Waals surface area contributed by atoms with Gasteiger partial charge in [-0.1, -0.05) is 17.7 Å². The molecule has 4 nitrogen and oxygen atoms in total. The molecule has 144 valence electrons. The maximum atomic E-state index is 12.3. The second-order valence-corrected chi connectivity index (χ2v) is 9.29. The summed E-state index contributed by atoms with van der Waals surface area (Å²) in [5.41, 5.74) is 2.27. The van der Waals surface area contributed by atoms with E-state index >= 15 is 0 Å². The molecular formula is C21H31ClN2O2. The van der Waals surface area contributed by atoms with Crippen LogP contribution < -0.4 is 0 Å². The van der Waals surface area contributed by atoms with Crippen molar-refractivity contribution in [3.05, 3.63) is 34.3 Å². The zero-order valence-corrected chi connectivity index (χ0v) is 17.2. The van der Waals surface area contributed by atoms with Crippen molar-refractivity contribution < 1.29 is 9.53 Å². The molecule has 2 heterocycles. The SMILES string of the molecule is Cc1cc(Cl)cc(CN2CCCC23CCN(C(=O)OC(C)(C)C)CC3)c1. The third-order valence-corrected chi connectivity index (χ3v) is 5.78. The summed E-state index contributed by atoms with van der Waals surface area (Å²) in [6, 6.07) is 6.31. The van der Waals surface area contributed by atoms with Crippen molar-refractivity contribution in [3.8, 4) is 0 Å². The number of carbonyl (C=O) groups excluding carboxylic acids is 1. The zero-order valence-electron chi connectivity index (χ0n) is 16.5. The van der Waals surface area contributed by atoms with E-state index < -0.39 is 5.60 Å². The van der Waals surface area contributed by atoms with Crippen molar-refractivity contribution in [2.24, 2.45) is 0 Å². The lowest BCUT2D eigenvalue weighted by Crippen LogP contribution is -2.53. The van der Waals surface area contributed by atoms with Crippen LogP contribution in [0, 0.1) is 6.92 Å². The molecule has 2 fully saturated rings. The van der Waals surface area contributed by atoms with Crippen molar-refractivity contribution in [2.75, 3.05) is 19.6 Å². The van der Waals surface area contributed by atoms with Crippen molar-refractivity contribution >= 4 is 17.7 Å². The number of carbonyl (C=O) groups is 1. The molecular weight excluding hydrogens is 348 g/mol. The summed E-state index contributed by atoms with van der Waals surface area (Å²) in [5.74, 6) is 0. The number of likely N-dealkylation sites (tertiary alicyclic amines) is 2.